The van der Waals surface area contributed by atoms with Gasteiger partial charge in [-0.3, -0.25) is 14.9 Å². The van der Waals surface area contributed by atoms with Crippen molar-refractivity contribution in [1.82, 2.24) is 10.4 Å². The molecule has 1 heterocycles. The van der Waals surface area contributed by atoms with Crippen LogP contribution in [0.3, 0.4) is 0 Å². The number of nitrogens with zero attached hydrogens (tertiary/aromatic N) is 1. The molecular weight excluding hydrogens is 424 g/mol. The molecule has 0 aliphatic carbocycles. The molecule has 2 atom stereocenters. The summed E-state index contributed by atoms with van der Waals surface area (Å²) in [5.41, 5.74) is 5.86. The van der Waals surface area contributed by atoms with Gasteiger partial charge in [-0.2, -0.15) is 0 Å². The minimum absolute atomic E-state index is 0.226. The zero-order valence-electron chi connectivity index (χ0n) is 18.3. The van der Waals surface area contributed by atoms with Crippen molar-refractivity contribution in [2.45, 2.75) is 24.5 Å². The van der Waals surface area contributed by atoms with Gasteiger partial charge in [0.05, 0.1) is 6.26 Å². The first-order chi connectivity index (χ1) is 15.3. The van der Waals surface area contributed by atoms with Gasteiger partial charge in [-0.25, -0.2) is 5.48 Å². The van der Waals surface area contributed by atoms with E-state index in [1.807, 2.05) is 12.1 Å². The largest absolute Gasteiger partial charge is 0.616 e. The Labute approximate surface area is 192 Å². The lowest BCUT2D eigenvalue weighted by Crippen LogP contribution is -2.51. The van der Waals surface area contributed by atoms with E-state index in [4.69, 9.17) is 5.21 Å². The first kappa shape index (κ1) is 23.9. The molecule has 3 rings (SSSR count). The minimum atomic E-state index is -1.39. The Balaban J connectivity index is 1.58. The average Bonchev–Trinajstić information content (AvgIpc) is 2.82. The SMILES string of the molecule is C[S+]([O-])C(C)(CCN1CC=C(c2ccc(C#Cc3ccc(O)cc3)cc2)CC1)C(=O)NO. The van der Waals surface area contributed by atoms with Crippen LogP contribution >= 0.6 is 0 Å². The first-order valence-corrected chi connectivity index (χ1v) is 12.0. The highest BCUT2D eigenvalue weighted by Gasteiger charge is 2.42. The van der Waals surface area contributed by atoms with Crippen molar-refractivity contribution in [3.63, 3.8) is 0 Å². The number of benzene rings is 2. The second-order valence-electron chi connectivity index (χ2n) is 8.03. The molecule has 2 unspecified atom stereocenters. The third-order valence-electron chi connectivity index (χ3n) is 5.89. The number of carbonyl (C=O) groups is 1. The van der Waals surface area contributed by atoms with Crippen LogP contribution < -0.4 is 5.48 Å². The zero-order valence-corrected chi connectivity index (χ0v) is 19.1. The van der Waals surface area contributed by atoms with Crippen LogP contribution in [-0.2, 0) is 16.0 Å². The maximum Gasteiger partial charge on any atom is 0.299 e. The van der Waals surface area contributed by atoms with E-state index in [0.29, 0.717) is 13.0 Å². The van der Waals surface area contributed by atoms with Crippen molar-refractivity contribution in [2.24, 2.45) is 0 Å². The van der Waals surface area contributed by atoms with Gasteiger partial charge in [-0.1, -0.05) is 30.0 Å². The van der Waals surface area contributed by atoms with E-state index < -0.39 is 21.8 Å². The number of hydrogen-bond acceptors (Lipinski definition) is 5. The van der Waals surface area contributed by atoms with Gasteiger partial charge in [0.2, 0.25) is 4.75 Å². The summed E-state index contributed by atoms with van der Waals surface area (Å²) < 4.78 is 10.9. The highest BCUT2D eigenvalue weighted by Crippen LogP contribution is 2.25. The van der Waals surface area contributed by atoms with E-state index in [2.05, 4.69) is 34.9 Å². The van der Waals surface area contributed by atoms with Crippen LogP contribution in [0.25, 0.3) is 5.57 Å². The summed E-state index contributed by atoms with van der Waals surface area (Å²) in [7, 11) is 0. The fraction of sp³-hybridized carbons (Fsp3) is 0.320. The Morgan fingerprint density at radius 1 is 1.16 bits per heavy atom. The summed E-state index contributed by atoms with van der Waals surface area (Å²) >= 11 is -1.39. The normalized spacial score (nSPS) is 16.8. The number of phenolic OH excluding ortho intramolecular Hbond substituents is 1. The summed E-state index contributed by atoms with van der Waals surface area (Å²) in [6, 6.07) is 15.0. The fourth-order valence-electron chi connectivity index (χ4n) is 3.51. The van der Waals surface area contributed by atoms with Crippen LogP contribution in [0.1, 0.15) is 36.5 Å². The molecule has 1 aliphatic heterocycles. The van der Waals surface area contributed by atoms with Crippen molar-refractivity contribution >= 4 is 22.7 Å². The average molecular weight is 453 g/mol. The van der Waals surface area contributed by atoms with Gasteiger partial charge in [0.15, 0.2) is 0 Å². The Kier molecular flexibility index (Phi) is 7.99. The molecule has 0 aromatic heterocycles. The second kappa shape index (κ2) is 10.7. The van der Waals surface area contributed by atoms with Gasteiger partial charge >= 0.3 is 0 Å². The van der Waals surface area contributed by atoms with Crippen molar-refractivity contribution in [3.05, 3.63) is 71.3 Å². The highest BCUT2D eigenvalue weighted by atomic mass is 32.2. The summed E-state index contributed by atoms with van der Waals surface area (Å²) in [5, 5.41) is 18.3. The van der Waals surface area contributed by atoms with Crippen LogP contribution in [-0.4, -0.2) is 56.3 Å². The molecule has 7 heteroatoms. The van der Waals surface area contributed by atoms with Gasteiger partial charge < -0.3 is 9.66 Å². The molecule has 0 bridgehead atoms. The number of carbonyl (C=O) groups excluding carboxylic acids is 1. The third kappa shape index (κ3) is 5.93. The second-order valence-corrected chi connectivity index (χ2v) is 9.84. The summed E-state index contributed by atoms with van der Waals surface area (Å²) in [6.45, 7) is 3.84. The third-order valence-corrected chi connectivity index (χ3v) is 7.55. The molecular formula is C25H28N2O4S. The van der Waals surface area contributed by atoms with Crippen LogP contribution in [0, 0.1) is 11.8 Å². The van der Waals surface area contributed by atoms with Crippen molar-refractivity contribution in [2.75, 3.05) is 25.9 Å². The first-order valence-electron chi connectivity index (χ1n) is 10.4. The van der Waals surface area contributed by atoms with Crippen molar-refractivity contribution in [3.8, 4) is 17.6 Å². The molecule has 6 nitrogen and oxygen atoms in total. The molecule has 0 radical (unpaired) electrons. The van der Waals surface area contributed by atoms with E-state index in [0.717, 1.165) is 30.6 Å². The zero-order chi connectivity index (χ0) is 23.1. The maximum absolute atomic E-state index is 12.0. The highest BCUT2D eigenvalue weighted by molar-refractivity contribution is 7.92. The lowest BCUT2D eigenvalue weighted by Gasteiger charge is -2.32. The van der Waals surface area contributed by atoms with Gasteiger partial charge in [0.1, 0.15) is 5.75 Å². The van der Waals surface area contributed by atoms with Crippen LogP contribution in [0.2, 0.25) is 0 Å². The lowest BCUT2D eigenvalue weighted by atomic mass is 9.97. The van der Waals surface area contributed by atoms with Gasteiger partial charge in [-0.05, 0) is 72.1 Å². The lowest BCUT2D eigenvalue weighted by molar-refractivity contribution is -0.131. The van der Waals surface area contributed by atoms with E-state index in [9.17, 15) is 14.5 Å². The number of nitrogens with one attached hydrogen (secondary N) is 1. The maximum atomic E-state index is 12.0. The number of phenols is 1. The van der Waals surface area contributed by atoms with Gasteiger partial charge in [0.25, 0.3) is 5.91 Å². The summed E-state index contributed by atoms with van der Waals surface area (Å²) in [4.78, 5) is 14.2. The Hall–Kier alpha value is -2.76. The quantitative estimate of drug-likeness (QED) is 0.271. The van der Waals surface area contributed by atoms with E-state index in [1.165, 1.54) is 17.4 Å². The van der Waals surface area contributed by atoms with Crippen LogP contribution in [0.4, 0.5) is 0 Å². The van der Waals surface area contributed by atoms with Gasteiger partial charge in [0, 0.05) is 37.2 Å². The number of rotatable bonds is 6. The molecule has 2 aromatic rings. The molecule has 3 N–H and O–H groups in total. The van der Waals surface area contributed by atoms with Crippen LogP contribution in [0.15, 0.2) is 54.6 Å². The number of amides is 1. The van der Waals surface area contributed by atoms with E-state index >= 15 is 0 Å². The molecule has 0 fully saturated rings. The predicted octanol–water partition coefficient (Wildman–Crippen LogP) is 2.91. The predicted molar refractivity (Wildman–Crippen MR) is 127 cm³/mol. The Morgan fingerprint density at radius 2 is 1.75 bits per heavy atom. The molecule has 168 valence electrons. The van der Waals surface area contributed by atoms with E-state index in [1.54, 1.807) is 36.7 Å². The fourth-order valence-corrected chi connectivity index (χ4v) is 4.20. The topological polar surface area (TPSA) is 95.9 Å². The summed E-state index contributed by atoms with van der Waals surface area (Å²) in [6.07, 6.45) is 4.96. The molecule has 0 saturated carbocycles. The molecule has 1 amide bonds. The summed E-state index contributed by atoms with van der Waals surface area (Å²) in [5.74, 6) is 5.84. The monoisotopic (exact) mass is 452 g/mol. The number of hydroxylamine groups is 1. The van der Waals surface area contributed by atoms with Gasteiger partial charge in [-0.15, -0.1) is 0 Å². The number of aromatic hydroxyl groups is 1. The van der Waals surface area contributed by atoms with Crippen molar-refractivity contribution in [1.29, 1.82) is 0 Å². The Bertz CT molecular complexity index is 1020. The molecule has 0 spiro atoms. The standard InChI is InChI=1S/C25H28N2O4S/c1-25(32(2)31,24(29)26-30)15-18-27-16-13-22(14-17-27)21-9-5-19(6-10-21)3-4-20-7-11-23(28)12-8-20/h5-13,28,30H,14-18H2,1-2H3,(H,26,29). The minimum Gasteiger partial charge on any atom is -0.616 e. The Morgan fingerprint density at radius 3 is 2.25 bits per heavy atom. The van der Waals surface area contributed by atoms with Crippen LogP contribution in [0.5, 0.6) is 5.75 Å². The number of hydrogen-bond donors (Lipinski definition) is 3. The molecule has 0 saturated heterocycles. The van der Waals surface area contributed by atoms with E-state index in [-0.39, 0.29) is 5.75 Å². The molecule has 2 aromatic carbocycles. The smallest absolute Gasteiger partial charge is 0.299 e. The molecule has 1 aliphatic rings. The van der Waals surface area contributed by atoms with Crippen molar-refractivity contribution < 1.29 is 19.7 Å². The molecule has 32 heavy (non-hydrogen) atoms.